The lowest BCUT2D eigenvalue weighted by atomic mass is 10.1. The van der Waals surface area contributed by atoms with Crippen LogP contribution in [-0.2, 0) is 17.6 Å². The smallest absolute Gasteiger partial charge is 0.119 e. The summed E-state index contributed by atoms with van der Waals surface area (Å²) < 4.78 is 17.1. The van der Waals surface area contributed by atoms with Crippen molar-refractivity contribution in [3.05, 3.63) is 59.7 Å². The fraction of sp³-hybridized carbons (Fsp3) is 0.500. The number of benzene rings is 2. The summed E-state index contributed by atoms with van der Waals surface area (Å²) in [6.45, 7) is 9.79. The Morgan fingerprint density at radius 3 is 1.30 bits per heavy atom. The molecule has 148 valence electrons. The van der Waals surface area contributed by atoms with Gasteiger partial charge >= 0.3 is 0 Å². The summed E-state index contributed by atoms with van der Waals surface area (Å²) >= 11 is 0. The summed E-state index contributed by atoms with van der Waals surface area (Å²) in [6, 6.07) is 16.8. The van der Waals surface area contributed by atoms with E-state index in [2.05, 4.69) is 24.3 Å². The van der Waals surface area contributed by atoms with Crippen LogP contribution in [0.3, 0.4) is 0 Å². The monoisotopic (exact) mass is 370 g/mol. The Hall–Kier alpha value is -2.00. The first-order chi connectivity index (χ1) is 13.0. The second-order valence-electron chi connectivity index (χ2n) is 7.44. The summed E-state index contributed by atoms with van der Waals surface area (Å²) in [4.78, 5) is 0. The molecule has 0 atom stereocenters. The zero-order chi connectivity index (χ0) is 19.5. The van der Waals surface area contributed by atoms with Crippen LogP contribution < -0.4 is 9.47 Å². The minimum absolute atomic E-state index is 0.218. The van der Waals surface area contributed by atoms with Gasteiger partial charge in [-0.05, 0) is 88.8 Å². The van der Waals surface area contributed by atoms with E-state index in [9.17, 15) is 0 Å². The van der Waals surface area contributed by atoms with Crippen molar-refractivity contribution < 1.29 is 14.2 Å². The maximum Gasteiger partial charge on any atom is 0.119 e. The molecular weight excluding hydrogens is 336 g/mol. The predicted molar refractivity (Wildman–Crippen MR) is 112 cm³/mol. The van der Waals surface area contributed by atoms with E-state index in [0.29, 0.717) is 0 Å². The highest BCUT2D eigenvalue weighted by Crippen LogP contribution is 2.16. The van der Waals surface area contributed by atoms with Crippen LogP contribution in [0.1, 0.15) is 51.7 Å². The molecule has 0 aliphatic carbocycles. The van der Waals surface area contributed by atoms with Crippen LogP contribution in [0.15, 0.2) is 48.5 Å². The highest BCUT2D eigenvalue weighted by molar-refractivity contribution is 5.28. The third-order valence-electron chi connectivity index (χ3n) is 4.10. The van der Waals surface area contributed by atoms with Crippen LogP contribution >= 0.6 is 0 Å². The second kappa shape index (κ2) is 11.7. The van der Waals surface area contributed by atoms with Gasteiger partial charge in [0, 0.05) is 13.2 Å². The molecule has 2 rings (SSSR count). The Morgan fingerprint density at radius 2 is 0.963 bits per heavy atom. The van der Waals surface area contributed by atoms with Crippen molar-refractivity contribution in [3.63, 3.8) is 0 Å². The number of hydrogen-bond donors (Lipinski definition) is 0. The van der Waals surface area contributed by atoms with Crippen molar-refractivity contribution in [2.24, 2.45) is 0 Å². The second-order valence-corrected chi connectivity index (χ2v) is 7.44. The normalized spacial score (nSPS) is 11.2. The minimum Gasteiger partial charge on any atom is -0.491 e. The van der Waals surface area contributed by atoms with Crippen LogP contribution in [0.5, 0.6) is 11.5 Å². The molecule has 0 bridgehead atoms. The molecule has 3 nitrogen and oxygen atoms in total. The molecule has 0 heterocycles. The van der Waals surface area contributed by atoms with Crippen LogP contribution in [0.25, 0.3) is 0 Å². The SMILES string of the molecule is CC(C)Oc1ccc(CCCOCCCc2ccc(OC(C)C)cc2)cc1. The van der Waals surface area contributed by atoms with Gasteiger partial charge in [-0.2, -0.15) is 0 Å². The number of ether oxygens (including phenoxy) is 3. The molecule has 0 aliphatic heterocycles. The van der Waals surface area contributed by atoms with Crippen LogP contribution in [0.2, 0.25) is 0 Å². The van der Waals surface area contributed by atoms with Crippen molar-refractivity contribution in [2.75, 3.05) is 13.2 Å². The van der Waals surface area contributed by atoms with Crippen molar-refractivity contribution in [2.45, 2.75) is 65.6 Å². The first kappa shape index (κ1) is 21.3. The maximum atomic E-state index is 5.78. The summed E-state index contributed by atoms with van der Waals surface area (Å²) in [7, 11) is 0. The van der Waals surface area contributed by atoms with Gasteiger partial charge in [-0.3, -0.25) is 0 Å². The zero-order valence-electron chi connectivity index (χ0n) is 17.2. The van der Waals surface area contributed by atoms with Gasteiger partial charge in [-0.25, -0.2) is 0 Å². The summed E-state index contributed by atoms with van der Waals surface area (Å²) in [5.74, 6) is 1.88. The fourth-order valence-corrected chi connectivity index (χ4v) is 2.87. The van der Waals surface area contributed by atoms with Gasteiger partial charge in [0.05, 0.1) is 12.2 Å². The predicted octanol–water partition coefficient (Wildman–Crippen LogP) is 5.84. The van der Waals surface area contributed by atoms with Crippen LogP contribution in [0, 0.1) is 0 Å². The Balaban J connectivity index is 1.54. The minimum atomic E-state index is 0.218. The largest absolute Gasteiger partial charge is 0.491 e. The van der Waals surface area contributed by atoms with Gasteiger partial charge in [-0.15, -0.1) is 0 Å². The molecule has 3 heteroatoms. The molecule has 0 N–H and O–H groups in total. The van der Waals surface area contributed by atoms with E-state index in [-0.39, 0.29) is 12.2 Å². The summed E-state index contributed by atoms with van der Waals surface area (Å²) in [6.07, 6.45) is 4.61. The van der Waals surface area contributed by atoms with E-state index in [1.165, 1.54) is 11.1 Å². The molecule has 0 saturated carbocycles. The Bertz CT molecular complexity index is 572. The molecule has 0 unspecified atom stereocenters. The highest BCUT2D eigenvalue weighted by atomic mass is 16.5. The molecule has 0 aromatic heterocycles. The molecular formula is C24H34O3. The van der Waals surface area contributed by atoms with Crippen LogP contribution in [0.4, 0.5) is 0 Å². The van der Waals surface area contributed by atoms with Gasteiger partial charge in [0.2, 0.25) is 0 Å². The molecule has 0 fully saturated rings. The molecule has 2 aromatic rings. The Morgan fingerprint density at radius 1 is 0.593 bits per heavy atom. The lowest BCUT2D eigenvalue weighted by molar-refractivity contribution is 0.130. The quantitative estimate of drug-likeness (QED) is 0.439. The van der Waals surface area contributed by atoms with Gasteiger partial charge in [0.25, 0.3) is 0 Å². The van der Waals surface area contributed by atoms with E-state index in [4.69, 9.17) is 14.2 Å². The molecule has 0 spiro atoms. The average Bonchev–Trinajstić information content (AvgIpc) is 2.63. The molecule has 0 saturated heterocycles. The van der Waals surface area contributed by atoms with Crippen molar-refractivity contribution in [1.82, 2.24) is 0 Å². The van der Waals surface area contributed by atoms with E-state index in [1.807, 2.05) is 52.0 Å². The Kier molecular flexibility index (Phi) is 9.20. The van der Waals surface area contributed by atoms with Gasteiger partial charge in [-0.1, -0.05) is 24.3 Å². The van der Waals surface area contributed by atoms with Gasteiger partial charge in [0.15, 0.2) is 0 Å². The molecule has 2 aromatic carbocycles. The number of rotatable bonds is 12. The van der Waals surface area contributed by atoms with Gasteiger partial charge < -0.3 is 14.2 Å². The van der Waals surface area contributed by atoms with E-state index in [1.54, 1.807) is 0 Å². The molecule has 27 heavy (non-hydrogen) atoms. The third-order valence-corrected chi connectivity index (χ3v) is 4.10. The van der Waals surface area contributed by atoms with E-state index >= 15 is 0 Å². The zero-order valence-corrected chi connectivity index (χ0v) is 17.2. The van der Waals surface area contributed by atoms with Crippen molar-refractivity contribution in [3.8, 4) is 11.5 Å². The first-order valence-electron chi connectivity index (χ1n) is 10.1. The third kappa shape index (κ3) is 8.96. The van der Waals surface area contributed by atoms with Crippen molar-refractivity contribution in [1.29, 1.82) is 0 Å². The number of aryl methyl sites for hydroxylation is 2. The average molecular weight is 371 g/mol. The number of hydrogen-bond acceptors (Lipinski definition) is 3. The van der Waals surface area contributed by atoms with Gasteiger partial charge in [0.1, 0.15) is 11.5 Å². The van der Waals surface area contributed by atoms with Crippen LogP contribution in [-0.4, -0.2) is 25.4 Å². The summed E-state index contributed by atoms with van der Waals surface area (Å²) in [5, 5.41) is 0. The topological polar surface area (TPSA) is 27.7 Å². The maximum absolute atomic E-state index is 5.78. The van der Waals surface area contributed by atoms with Crippen molar-refractivity contribution >= 4 is 0 Å². The first-order valence-corrected chi connectivity index (χ1v) is 10.1. The molecule has 0 amide bonds. The fourth-order valence-electron chi connectivity index (χ4n) is 2.87. The summed E-state index contributed by atoms with van der Waals surface area (Å²) in [5.41, 5.74) is 2.66. The lowest BCUT2D eigenvalue weighted by Gasteiger charge is -2.10. The standard InChI is InChI=1S/C24H34O3/c1-19(2)26-23-13-9-21(10-14-23)7-5-17-25-18-6-8-22-11-15-24(16-12-22)27-20(3)4/h9-16,19-20H,5-8,17-18H2,1-4H3. The van der Waals surface area contributed by atoms with E-state index < -0.39 is 0 Å². The Labute approximate surface area is 164 Å². The molecule has 0 radical (unpaired) electrons. The van der Waals surface area contributed by atoms with E-state index in [0.717, 1.165) is 50.4 Å². The lowest BCUT2D eigenvalue weighted by Crippen LogP contribution is -2.05. The molecule has 0 aliphatic rings. The highest BCUT2D eigenvalue weighted by Gasteiger charge is 2.00.